The van der Waals surface area contributed by atoms with Gasteiger partial charge in [0.2, 0.25) is 0 Å². The molecule has 0 fully saturated rings. The number of carbonyl (C=O) groups is 3. The maximum absolute atomic E-state index is 12.9. The van der Waals surface area contributed by atoms with E-state index in [0.29, 0.717) is 19.3 Å². The third-order valence-electron chi connectivity index (χ3n) is 13.7. The van der Waals surface area contributed by atoms with Crippen LogP contribution in [0.1, 0.15) is 297 Å². The number of hydrogen-bond donors (Lipinski definition) is 0. The summed E-state index contributed by atoms with van der Waals surface area (Å²) in [6, 6.07) is 0. The number of unbranched alkanes of at least 4 members (excludes halogenated alkanes) is 27. The van der Waals surface area contributed by atoms with E-state index in [0.717, 1.165) is 122 Å². The first-order valence-corrected chi connectivity index (χ1v) is 32.5. The highest BCUT2D eigenvalue weighted by atomic mass is 16.6. The van der Waals surface area contributed by atoms with Crippen molar-refractivity contribution in [2.75, 3.05) is 13.2 Å². The minimum Gasteiger partial charge on any atom is -0.462 e. The summed E-state index contributed by atoms with van der Waals surface area (Å²) >= 11 is 0. The van der Waals surface area contributed by atoms with Crippen LogP contribution < -0.4 is 0 Å². The van der Waals surface area contributed by atoms with Gasteiger partial charge in [0, 0.05) is 19.3 Å². The van der Waals surface area contributed by atoms with E-state index in [9.17, 15) is 14.4 Å². The molecule has 0 bridgehead atoms. The average molecular weight is 1080 g/mol. The highest BCUT2D eigenvalue weighted by molar-refractivity contribution is 5.71. The van der Waals surface area contributed by atoms with E-state index >= 15 is 0 Å². The number of esters is 3. The van der Waals surface area contributed by atoms with Crippen molar-refractivity contribution in [3.8, 4) is 0 Å². The molecule has 0 saturated carbocycles. The van der Waals surface area contributed by atoms with Crippen LogP contribution in [0, 0.1) is 0 Å². The van der Waals surface area contributed by atoms with E-state index < -0.39 is 6.10 Å². The highest BCUT2D eigenvalue weighted by Gasteiger charge is 2.19. The van der Waals surface area contributed by atoms with Gasteiger partial charge in [0.25, 0.3) is 0 Å². The van der Waals surface area contributed by atoms with E-state index in [2.05, 4.69) is 142 Å². The molecule has 0 aliphatic carbocycles. The van der Waals surface area contributed by atoms with Crippen molar-refractivity contribution in [3.05, 3.63) is 122 Å². The number of ether oxygens (including phenoxy) is 3. The van der Waals surface area contributed by atoms with Gasteiger partial charge in [0.1, 0.15) is 13.2 Å². The highest BCUT2D eigenvalue weighted by Crippen LogP contribution is 2.15. The molecule has 0 N–H and O–H groups in total. The smallest absolute Gasteiger partial charge is 0.306 e. The van der Waals surface area contributed by atoms with Crippen LogP contribution >= 0.6 is 0 Å². The standard InChI is InChI=1S/C72H120O6/c1-4-7-10-13-16-19-22-25-27-29-31-32-33-34-35-36-37-38-39-40-42-43-45-47-50-53-56-59-62-65-71(74)77-68-69(67-76-70(73)64-61-58-55-52-49-24-21-18-15-12-9-6-3)78-72(75)66-63-60-57-54-51-48-46-44-41-30-28-26-23-20-17-14-11-8-5-2/h7,10,16-21,25-28,31-32,34-35,37-38,40,42,69H,4-6,8-9,11-15,22-24,29-30,33,36,39,41,43-68H2,1-3H3/b10-7-,19-16-,20-17-,21-18-,27-25-,28-26-,32-31-,35-34-,38-37-,42-40-. The third-order valence-corrected chi connectivity index (χ3v) is 13.7. The first-order chi connectivity index (χ1) is 38.5. The molecule has 0 rings (SSSR count). The fourth-order valence-electron chi connectivity index (χ4n) is 8.80. The second-order valence-corrected chi connectivity index (χ2v) is 21.3. The fraction of sp³-hybridized carbons (Fsp3) is 0.681. The maximum atomic E-state index is 12.9. The van der Waals surface area contributed by atoms with Gasteiger partial charge >= 0.3 is 17.9 Å². The molecule has 6 nitrogen and oxygen atoms in total. The molecule has 0 aromatic rings. The van der Waals surface area contributed by atoms with Crippen molar-refractivity contribution in [1.82, 2.24) is 0 Å². The van der Waals surface area contributed by atoms with E-state index in [4.69, 9.17) is 14.2 Å². The second-order valence-electron chi connectivity index (χ2n) is 21.3. The topological polar surface area (TPSA) is 78.9 Å². The van der Waals surface area contributed by atoms with E-state index in [1.807, 2.05) is 0 Å². The first-order valence-electron chi connectivity index (χ1n) is 32.5. The lowest BCUT2D eigenvalue weighted by Gasteiger charge is -2.18. The van der Waals surface area contributed by atoms with E-state index in [1.54, 1.807) is 0 Å². The molecular weight excluding hydrogens is 961 g/mol. The molecule has 78 heavy (non-hydrogen) atoms. The largest absolute Gasteiger partial charge is 0.462 e. The summed E-state index contributed by atoms with van der Waals surface area (Å²) in [6.45, 7) is 6.47. The normalized spacial score (nSPS) is 12.9. The summed E-state index contributed by atoms with van der Waals surface area (Å²) in [5.74, 6) is -0.908. The van der Waals surface area contributed by atoms with E-state index in [-0.39, 0.29) is 31.1 Å². The van der Waals surface area contributed by atoms with Crippen LogP contribution in [0.2, 0.25) is 0 Å². The Morgan fingerprint density at radius 3 is 0.795 bits per heavy atom. The minimum absolute atomic E-state index is 0.0888. The van der Waals surface area contributed by atoms with Gasteiger partial charge in [-0.2, -0.15) is 0 Å². The lowest BCUT2D eigenvalue weighted by Crippen LogP contribution is -2.30. The van der Waals surface area contributed by atoms with E-state index in [1.165, 1.54) is 135 Å². The van der Waals surface area contributed by atoms with Crippen molar-refractivity contribution in [1.29, 1.82) is 0 Å². The number of rotatable bonds is 58. The molecule has 0 heterocycles. The molecule has 0 saturated heterocycles. The van der Waals surface area contributed by atoms with Gasteiger partial charge in [-0.25, -0.2) is 0 Å². The zero-order valence-electron chi connectivity index (χ0n) is 50.9. The van der Waals surface area contributed by atoms with Gasteiger partial charge in [-0.05, 0) is 135 Å². The minimum atomic E-state index is -0.792. The molecule has 1 atom stereocenters. The molecule has 444 valence electrons. The van der Waals surface area contributed by atoms with Crippen molar-refractivity contribution in [2.45, 2.75) is 303 Å². The molecule has 6 heteroatoms. The Hall–Kier alpha value is -4.19. The molecule has 0 spiro atoms. The van der Waals surface area contributed by atoms with Crippen LogP contribution in [0.4, 0.5) is 0 Å². The summed E-state index contributed by atoms with van der Waals surface area (Å²) in [6.07, 6.45) is 90.6. The van der Waals surface area contributed by atoms with Crippen LogP contribution in [-0.4, -0.2) is 37.2 Å². The first kappa shape index (κ1) is 73.8. The van der Waals surface area contributed by atoms with Crippen molar-refractivity contribution in [2.24, 2.45) is 0 Å². The SMILES string of the molecule is CC/C=C\C/C=C\C/C=C\C/C=C\C/C=C\C/C=C\C/C=C\CCCCCCCCCC(=O)OCC(COC(=O)CCCCCCC/C=C\CCCCC)OC(=O)CCCCCCCCCCC/C=C\C/C=C\CCCCC. The summed E-state index contributed by atoms with van der Waals surface area (Å²) < 4.78 is 16.9. The van der Waals surface area contributed by atoms with Gasteiger partial charge in [-0.1, -0.05) is 264 Å². The van der Waals surface area contributed by atoms with Gasteiger partial charge in [-0.3, -0.25) is 14.4 Å². The zero-order chi connectivity index (χ0) is 56.4. The Labute approximate surface area is 482 Å². The molecule has 0 aromatic heterocycles. The van der Waals surface area contributed by atoms with Crippen LogP contribution in [-0.2, 0) is 28.6 Å². The quantitative estimate of drug-likeness (QED) is 0.0261. The van der Waals surface area contributed by atoms with Gasteiger partial charge < -0.3 is 14.2 Å². The Morgan fingerprint density at radius 1 is 0.269 bits per heavy atom. The van der Waals surface area contributed by atoms with Crippen molar-refractivity contribution >= 4 is 17.9 Å². The summed E-state index contributed by atoms with van der Waals surface area (Å²) in [7, 11) is 0. The molecule has 0 aromatic carbocycles. The van der Waals surface area contributed by atoms with Gasteiger partial charge in [-0.15, -0.1) is 0 Å². The Balaban J connectivity index is 4.33. The molecule has 1 unspecified atom stereocenters. The predicted octanol–water partition coefficient (Wildman–Crippen LogP) is 22.4. The zero-order valence-corrected chi connectivity index (χ0v) is 50.9. The maximum Gasteiger partial charge on any atom is 0.306 e. The number of allylic oxidation sites excluding steroid dienone is 20. The molecule has 0 radical (unpaired) electrons. The average Bonchev–Trinajstić information content (AvgIpc) is 3.44. The Morgan fingerprint density at radius 2 is 0.500 bits per heavy atom. The lowest BCUT2D eigenvalue weighted by atomic mass is 10.1. The lowest BCUT2D eigenvalue weighted by molar-refractivity contribution is -0.167. The van der Waals surface area contributed by atoms with Crippen LogP contribution in [0.5, 0.6) is 0 Å². The van der Waals surface area contributed by atoms with Crippen LogP contribution in [0.25, 0.3) is 0 Å². The second kappa shape index (κ2) is 65.3. The summed E-state index contributed by atoms with van der Waals surface area (Å²) in [4.78, 5) is 38.3. The number of hydrogen-bond acceptors (Lipinski definition) is 6. The monoisotopic (exact) mass is 1080 g/mol. The molecule has 0 aliphatic rings. The third kappa shape index (κ3) is 62.7. The number of carbonyl (C=O) groups excluding carboxylic acids is 3. The van der Waals surface area contributed by atoms with Gasteiger partial charge in [0.15, 0.2) is 6.10 Å². The molecule has 0 amide bonds. The molecular formula is C72H120O6. The van der Waals surface area contributed by atoms with Crippen molar-refractivity contribution < 1.29 is 28.6 Å². The van der Waals surface area contributed by atoms with Crippen LogP contribution in [0.15, 0.2) is 122 Å². The van der Waals surface area contributed by atoms with Crippen LogP contribution in [0.3, 0.4) is 0 Å². The molecule has 0 aliphatic heterocycles. The summed E-state index contributed by atoms with van der Waals surface area (Å²) in [5, 5.41) is 0. The fourth-order valence-corrected chi connectivity index (χ4v) is 8.80. The summed E-state index contributed by atoms with van der Waals surface area (Å²) in [5.41, 5.74) is 0. The Kier molecular flexibility index (Phi) is 61.8. The predicted molar refractivity (Wildman–Crippen MR) is 339 cm³/mol. The Bertz CT molecular complexity index is 1620. The van der Waals surface area contributed by atoms with Gasteiger partial charge in [0.05, 0.1) is 0 Å². The van der Waals surface area contributed by atoms with Crippen molar-refractivity contribution in [3.63, 3.8) is 0 Å².